The molecule has 1 nitrogen and oxygen atoms in total. The Morgan fingerprint density at radius 1 is 1.24 bits per heavy atom. The first-order chi connectivity index (χ1) is 8.08. The van der Waals surface area contributed by atoms with Gasteiger partial charge in [0.1, 0.15) is 0 Å². The molecule has 0 radical (unpaired) electrons. The molecule has 94 valence electrons. The van der Waals surface area contributed by atoms with Crippen LogP contribution >= 0.6 is 0 Å². The summed E-state index contributed by atoms with van der Waals surface area (Å²) in [6, 6.07) is 10.5. The third-order valence-electron chi connectivity index (χ3n) is 4.39. The van der Waals surface area contributed by atoms with Crippen LogP contribution in [0.15, 0.2) is 30.3 Å². The first-order valence-corrected chi connectivity index (χ1v) is 6.73. The van der Waals surface area contributed by atoms with E-state index in [1.807, 2.05) is 0 Å². The van der Waals surface area contributed by atoms with Gasteiger partial charge in [0.05, 0.1) is 12.7 Å². The summed E-state index contributed by atoms with van der Waals surface area (Å²) in [5.41, 5.74) is 1.78. The van der Waals surface area contributed by atoms with Crippen molar-refractivity contribution in [1.29, 1.82) is 0 Å². The van der Waals surface area contributed by atoms with Crippen LogP contribution in [0.2, 0.25) is 0 Å². The van der Waals surface area contributed by atoms with Crippen molar-refractivity contribution in [2.75, 3.05) is 0 Å². The van der Waals surface area contributed by atoms with Gasteiger partial charge in [-0.2, -0.15) is 0 Å². The zero-order valence-corrected chi connectivity index (χ0v) is 11.3. The monoisotopic (exact) mass is 232 g/mol. The van der Waals surface area contributed by atoms with Crippen LogP contribution in [0.4, 0.5) is 0 Å². The van der Waals surface area contributed by atoms with Crippen molar-refractivity contribution in [3.63, 3.8) is 0 Å². The molecule has 1 saturated carbocycles. The third kappa shape index (κ3) is 3.32. The highest BCUT2D eigenvalue weighted by Crippen LogP contribution is 2.41. The van der Waals surface area contributed by atoms with Gasteiger partial charge in [0, 0.05) is 0 Å². The van der Waals surface area contributed by atoms with E-state index in [0.717, 1.165) is 12.5 Å². The van der Waals surface area contributed by atoms with Crippen molar-refractivity contribution >= 4 is 0 Å². The summed E-state index contributed by atoms with van der Waals surface area (Å²) in [4.78, 5) is 0. The van der Waals surface area contributed by atoms with Crippen molar-refractivity contribution in [3.05, 3.63) is 35.9 Å². The molecule has 2 rings (SSSR count). The number of benzene rings is 1. The van der Waals surface area contributed by atoms with Crippen LogP contribution in [-0.4, -0.2) is 6.10 Å². The lowest BCUT2D eigenvalue weighted by molar-refractivity contribution is -0.0291. The molecule has 1 aliphatic carbocycles. The van der Waals surface area contributed by atoms with Crippen molar-refractivity contribution < 1.29 is 4.74 Å². The smallest absolute Gasteiger partial charge is 0.0720 e. The molecule has 1 aromatic rings. The van der Waals surface area contributed by atoms with Gasteiger partial charge in [-0.3, -0.25) is 0 Å². The number of ether oxygens (including phenoxy) is 1. The molecule has 0 aliphatic heterocycles. The van der Waals surface area contributed by atoms with Gasteiger partial charge in [0.15, 0.2) is 0 Å². The van der Waals surface area contributed by atoms with E-state index < -0.39 is 0 Å². The molecule has 0 spiro atoms. The maximum absolute atomic E-state index is 6.03. The van der Waals surface area contributed by atoms with Crippen LogP contribution in [0.3, 0.4) is 0 Å². The SMILES string of the molecule is C[C@H]1CC(OCc2ccccc2)CCC1(C)C. The number of hydrogen-bond donors (Lipinski definition) is 0. The fraction of sp³-hybridized carbons (Fsp3) is 0.625. The van der Waals surface area contributed by atoms with Crippen LogP contribution < -0.4 is 0 Å². The lowest BCUT2D eigenvalue weighted by Gasteiger charge is -2.40. The minimum atomic E-state index is 0.457. The quantitative estimate of drug-likeness (QED) is 0.749. The summed E-state index contributed by atoms with van der Waals surface area (Å²) in [7, 11) is 0. The predicted octanol–water partition coefficient (Wildman–Crippen LogP) is 4.42. The highest BCUT2D eigenvalue weighted by molar-refractivity contribution is 5.13. The minimum absolute atomic E-state index is 0.457. The van der Waals surface area contributed by atoms with Crippen molar-refractivity contribution in [2.45, 2.75) is 52.7 Å². The Labute approximate surface area is 105 Å². The van der Waals surface area contributed by atoms with Crippen molar-refractivity contribution in [1.82, 2.24) is 0 Å². The first kappa shape index (κ1) is 12.6. The van der Waals surface area contributed by atoms with Crippen LogP contribution in [0, 0.1) is 11.3 Å². The molecular formula is C16H24O. The fourth-order valence-electron chi connectivity index (χ4n) is 2.55. The molecule has 0 bridgehead atoms. The standard InChI is InChI=1S/C16H24O/c1-13-11-15(9-10-16(13,2)3)17-12-14-7-5-4-6-8-14/h4-8,13,15H,9-12H2,1-3H3/t13-,15?/m0/s1. The first-order valence-electron chi connectivity index (χ1n) is 6.73. The van der Waals surface area contributed by atoms with Crippen LogP contribution in [0.25, 0.3) is 0 Å². The summed E-state index contributed by atoms with van der Waals surface area (Å²) in [5.74, 6) is 0.761. The zero-order chi connectivity index (χ0) is 12.3. The average molecular weight is 232 g/mol. The molecule has 0 aromatic heterocycles. The van der Waals surface area contributed by atoms with E-state index in [1.54, 1.807) is 0 Å². The maximum Gasteiger partial charge on any atom is 0.0720 e. The lowest BCUT2D eigenvalue weighted by atomic mass is 9.69. The molecule has 1 fully saturated rings. The summed E-state index contributed by atoms with van der Waals surface area (Å²) in [5, 5.41) is 0. The van der Waals surface area contributed by atoms with Gasteiger partial charge in [-0.05, 0) is 36.2 Å². The van der Waals surface area contributed by atoms with Crippen LogP contribution in [0.1, 0.15) is 45.6 Å². The van der Waals surface area contributed by atoms with Crippen molar-refractivity contribution in [3.8, 4) is 0 Å². The molecule has 0 N–H and O–H groups in total. The molecule has 2 atom stereocenters. The fourth-order valence-corrected chi connectivity index (χ4v) is 2.55. The summed E-state index contributed by atoms with van der Waals surface area (Å²) < 4.78 is 6.03. The van der Waals surface area contributed by atoms with Gasteiger partial charge in [-0.15, -0.1) is 0 Å². The van der Waals surface area contributed by atoms with E-state index >= 15 is 0 Å². The molecule has 1 aliphatic rings. The van der Waals surface area contributed by atoms with E-state index in [2.05, 4.69) is 51.1 Å². The summed E-state index contributed by atoms with van der Waals surface area (Å²) >= 11 is 0. The Bertz CT molecular complexity index is 342. The highest BCUT2D eigenvalue weighted by atomic mass is 16.5. The summed E-state index contributed by atoms with van der Waals surface area (Å²) in [6.07, 6.45) is 4.16. The topological polar surface area (TPSA) is 9.23 Å². The van der Waals surface area contributed by atoms with Gasteiger partial charge in [-0.25, -0.2) is 0 Å². The van der Waals surface area contributed by atoms with Gasteiger partial charge in [-0.1, -0.05) is 51.1 Å². The Morgan fingerprint density at radius 2 is 1.94 bits per heavy atom. The Morgan fingerprint density at radius 3 is 2.59 bits per heavy atom. The van der Waals surface area contributed by atoms with E-state index in [0.29, 0.717) is 11.5 Å². The molecule has 1 heteroatoms. The van der Waals surface area contributed by atoms with E-state index in [4.69, 9.17) is 4.74 Å². The second-order valence-electron chi connectivity index (χ2n) is 6.08. The predicted molar refractivity (Wildman–Crippen MR) is 71.8 cm³/mol. The maximum atomic E-state index is 6.03. The van der Waals surface area contributed by atoms with E-state index in [-0.39, 0.29) is 0 Å². The van der Waals surface area contributed by atoms with Crippen molar-refractivity contribution in [2.24, 2.45) is 11.3 Å². The second kappa shape index (κ2) is 5.22. The summed E-state index contributed by atoms with van der Waals surface area (Å²) in [6.45, 7) is 7.88. The minimum Gasteiger partial charge on any atom is -0.374 e. The Kier molecular flexibility index (Phi) is 3.88. The zero-order valence-electron chi connectivity index (χ0n) is 11.3. The molecule has 17 heavy (non-hydrogen) atoms. The number of hydrogen-bond acceptors (Lipinski definition) is 1. The third-order valence-corrected chi connectivity index (χ3v) is 4.39. The largest absolute Gasteiger partial charge is 0.374 e. The molecular weight excluding hydrogens is 208 g/mol. The van der Waals surface area contributed by atoms with Gasteiger partial charge in [0.2, 0.25) is 0 Å². The lowest BCUT2D eigenvalue weighted by Crippen LogP contribution is -2.33. The molecule has 0 amide bonds. The number of rotatable bonds is 3. The molecule has 1 unspecified atom stereocenters. The average Bonchev–Trinajstić information content (AvgIpc) is 2.32. The van der Waals surface area contributed by atoms with Gasteiger partial charge >= 0.3 is 0 Å². The van der Waals surface area contributed by atoms with Crippen LogP contribution in [0.5, 0.6) is 0 Å². The second-order valence-corrected chi connectivity index (χ2v) is 6.08. The van der Waals surface area contributed by atoms with Gasteiger partial charge < -0.3 is 4.74 Å². The highest BCUT2D eigenvalue weighted by Gasteiger charge is 2.33. The van der Waals surface area contributed by atoms with Crippen LogP contribution in [-0.2, 0) is 11.3 Å². The van der Waals surface area contributed by atoms with Gasteiger partial charge in [0.25, 0.3) is 0 Å². The normalized spacial score (nSPS) is 27.9. The molecule has 0 saturated heterocycles. The van der Waals surface area contributed by atoms with E-state index in [1.165, 1.54) is 24.8 Å². The Balaban J connectivity index is 1.82. The molecule has 1 aromatic carbocycles. The van der Waals surface area contributed by atoms with E-state index in [9.17, 15) is 0 Å². The molecule has 0 heterocycles. The Hall–Kier alpha value is -0.820.